The van der Waals surface area contributed by atoms with Gasteiger partial charge in [-0.3, -0.25) is 5.43 Å². The number of nitrogens with one attached hydrogen (secondary N) is 2. The second-order valence-corrected chi connectivity index (χ2v) is 7.58. The Balaban J connectivity index is 1.70. The van der Waals surface area contributed by atoms with E-state index in [1.807, 2.05) is 0 Å². The number of hydrazine groups is 1. The zero-order chi connectivity index (χ0) is 17.8. The quantitative estimate of drug-likeness (QED) is 0.270. The lowest BCUT2D eigenvalue weighted by Crippen LogP contribution is -2.50. The molecule has 0 saturated carbocycles. The van der Waals surface area contributed by atoms with Crippen LogP contribution in [0, 0.1) is 0 Å². The van der Waals surface area contributed by atoms with Crippen LogP contribution in [0.25, 0.3) is 0 Å². The molecule has 148 valence electrons. The number of allylic oxidation sites excluding steroid dienone is 2. The van der Waals surface area contributed by atoms with Crippen molar-refractivity contribution in [2.24, 2.45) is 0 Å². The third-order valence-corrected chi connectivity index (χ3v) is 5.14. The topological polar surface area (TPSA) is 27.3 Å². The molecule has 1 fully saturated rings. The summed E-state index contributed by atoms with van der Waals surface area (Å²) in [4.78, 5) is 0. The molecule has 1 aliphatic heterocycles. The Labute approximate surface area is 158 Å². The van der Waals surface area contributed by atoms with Gasteiger partial charge in [-0.25, -0.2) is 5.01 Å². The molecule has 0 aliphatic carbocycles. The molecule has 0 amide bonds. The van der Waals surface area contributed by atoms with Crippen molar-refractivity contribution in [1.82, 2.24) is 15.8 Å². The van der Waals surface area contributed by atoms with Crippen molar-refractivity contribution in [2.45, 2.75) is 96.8 Å². The van der Waals surface area contributed by atoms with Crippen molar-refractivity contribution in [3.8, 4) is 0 Å². The molecule has 25 heavy (non-hydrogen) atoms. The van der Waals surface area contributed by atoms with Crippen LogP contribution in [-0.4, -0.2) is 37.7 Å². The molecule has 1 rings (SSSR count). The molecule has 1 heterocycles. The van der Waals surface area contributed by atoms with Crippen LogP contribution in [0.2, 0.25) is 0 Å². The van der Waals surface area contributed by atoms with Crippen LogP contribution in [-0.2, 0) is 0 Å². The van der Waals surface area contributed by atoms with Crippen molar-refractivity contribution in [1.29, 1.82) is 0 Å². The van der Waals surface area contributed by atoms with Crippen molar-refractivity contribution in [2.75, 3.05) is 32.7 Å². The Morgan fingerprint density at radius 3 is 1.84 bits per heavy atom. The molecule has 3 heteroatoms. The molecule has 0 bridgehead atoms. The first kappa shape index (κ1) is 22.7. The highest BCUT2D eigenvalue weighted by molar-refractivity contribution is 4.81. The molecule has 0 aromatic rings. The van der Waals surface area contributed by atoms with Crippen LogP contribution in [0.4, 0.5) is 0 Å². The van der Waals surface area contributed by atoms with E-state index in [2.05, 4.69) is 34.8 Å². The summed E-state index contributed by atoms with van der Waals surface area (Å²) >= 11 is 0. The van der Waals surface area contributed by atoms with Crippen molar-refractivity contribution in [3.63, 3.8) is 0 Å². The minimum absolute atomic E-state index is 1.13. The normalized spacial score (nSPS) is 16.0. The van der Waals surface area contributed by atoms with Gasteiger partial charge in [0, 0.05) is 32.7 Å². The molecule has 0 atom stereocenters. The van der Waals surface area contributed by atoms with Gasteiger partial charge < -0.3 is 5.32 Å². The first-order valence-electron chi connectivity index (χ1n) is 11.3. The predicted molar refractivity (Wildman–Crippen MR) is 112 cm³/mol. The van der Waals surface area contributed by atoms with E-state index in [1.54, 1.807) is 0 Å². The molecule has 1 aliphatic rings. The van der Waals surface area contributed by atoms with E-state index in [9.17, 15) is 0 Å². The van der Waals surface area contributed by atoms with Crippen molar-refractivity contribution >= 4 is 0 Å². The van der Waals surface area contributed by atoms with Crippen LogP contribution in [0.5, 0.6) is 0 Å². The number of hydrogen-bond acceptors (Lipinski definition) is 3. The molecule has 3 nitrogen and oxygen atoms in total. The number of hydrogen-bond donors (Lipinski definition) is 2. The summed E-state index contributed by atoms with van der Waals surface area (Å²) in [6.45, 7) is 7.98. The standard InChI is InChI=1S/C22H45N3/c1-2-3-4-5-6-7-8-9-10-11-12-13-14-15-16-17-18-24-25-21-19-23-20-22-25/h9-10,23-24H,2-8,11-22H2,1H3/b10-9-. The molecular weight excluding hydrogens is 306 g/mol. The fraction of sp³-hybridized carbons (Fsp3) is 0.909. The number of piperazine rings is 1. The SMILES string of the molecule is CCCCCCCC/C=C\CCCCCCCCNN1CCNCC1. The van der Waals surface area contributed by atoms with Gasteiger partial charge in [0.15, 0.2) is 0 Å². The van der Waals surface area contributed by atoms with E-state index in [-0.39, 0.29) is 0 Å². The minimum Gasteiger partial charge on any atom is -0.314 e. The maximum Gasteiger partial charge on any atom is 0.0256 e. The van der Waals surface area contributed by atoms with Crippen LogP contribution in [0.3, 0.4) is 0 Å². The summed E-state index contributed by atoms with van der Waals surface area (Å²) in [6, 6.07) is 0. The molecule has 2 N–H and O–H groups in total. The Morgan fingerprint density at radius 2 is 1.24 bits per heavy atom. The molecule has 0 radical (unpaired) electrons. The smallest absolute Gasteiger partial charge is 0.0256 e. The fourth-order valence-corrected chi connectivity index (χ4v) is 3.43. The van der Waals surface area contributed by atoms with E-state index in [0.29, 0.717) is 0 Å². The van der Waals surface area contributed by atoms with Gasteiger partial charge in [0.25, 0.3) is 0 Å². The maximum atomic E-state index is 3.56. The van der Waals surface area contributed by atoms with E-state index >= 15 is 0 Å². The molecule has 0 aromatic carbocycles. The lowest BCUT2D eigenvalue weighted by Gasteiger charge is -2.27. The second-order valence-electron chi connectivity index (χ2n) is 7.58. The van der Waals surface area contributed by atoms with Gasteiger partial charge >= 0.3 is 0 Å². The fourth-order valence-electron chi connectivity index (χ4n) is 3.43. The first-order valence-corrected chi connectivity index (χ1v) is 11.3. The van der Waals surface area contributed by atoms with Crippen molar-refractivity contribution in [3.05, 3.63) is 12.2 Å². The molecular formula is C22H45N3. The molecule has 1 saturated heterocycles. The van der Waals surface area contributed by atoms with E-state index in [1.165, 1.54) is 89.9 Å². The van der Waals surface area contributed by atoms with Crippen LogP contribution in [0.1, 0.15) is 96.8 Å². The highest BCUT2D eigenvalue weighted by atomic mass is 15.5. The second kappa shape index (κ2) is 18.4. The maximum absolute atomic E-state index is 3.56. The van der Waals surface area contributed by atoms with Gasteiger partial charge in [-0.05, 0) is 32.1 Å². The lowest BCUT2D eigenvalue weighted by atomic mass is 10.1. The molecule has 0 spiro atoms. The largest absolute Gasteiger partial charge is 0.314 e. The van der Waals surface area contributed by atoms with E-state index < -0.39 is 0 Å². The summed E-state index contributed by atoms with van der Waals surface area (Å²) in [5, 5.41) is 5.76. The monoisotopic (exact) mass is 351 g/mol. The van der Waals surface area contributed by atoms with Gasteiger partial charge in [0.1, 0.15) is 0 Å². The summed E-state index contributed by atoms with van der Waals surface area (Å²) in [5.41, 5.74) is 3.56. The van der Waals surface area contributed by atoms with Gasteiger partial charge in [-0.2, -0.15) is 0 Å². The Kier molecular flexibility index (Phi) is 16.7. The Bertz CT molecular complexity index is 285. The van der Waals surface area contributed by atoms with Crippen LogP contribution >= 0.6 is 0 Å². The molecule has 0 unspecified atom stereocenters. The third-order valence-electron chi connectivity index (χ3n) is 5.14. The van der Waals surface area contributed by atoms with Crippen molar-refractivity contribution < 1.29 is 0 Å². The highest BCUT2D eigenvalue weighted by Gasteiger charge is 2.07. The average molecular weight is 352 g/mol. The summed E-state index contributed by atoms with van der Waals surface area (Å²) < 4.78 is 0. The number of nitrogens with zero attached hydrogens (tertiary/aromatic N) is 1. The lowest BCUT2D eigenvalue weighted by molar-refractivity contribution is 0.163. The zero-order valence-corrected chi connectivity index (χ0v) is 17.0. The summed E-state index contributed by atoms with van der Waals surface area (Å²) in [5.74, 6) is 0. The zero-order valence-electron chi connectivity index (χ0n) is 17.0. The predicted octanol–water partition coefficient (Wildman–Crippen LogP) is 5.43. The van der Waals surface area contributed by atoms with E-state index in [4.69, 9.17) is 0 Å². The van der Waals surface area contributed by atoms with Crippen LogP contribution in [0.15, 0.2) is 12.2 Å². The van der Waals surface area contributed by atoms with Gasteiger partial charge in [0.05, 0.1) is 0 Å². The molecule has 0 aromatic heterocycles. The minimum atomic E-state index is 1.13. The van der Waals surface area contributed by atoms with Gasteiger partial charge in [-0.1, -0.05) is 76.9 Å². The Hall–Kier alpha value is -0.380. The summed E-state index contributed by atoms with van der Waals surface area (Å²) in [7, 11) is 0. The van der Waals surface area contributed by atoms with Crippen LogP contribution < -0.4 is 10.7 Å². The van der Waals surface area contributed by atoms with Gasteiger partial charge in [0.2, 0.25) is 0 Å². The first-order chi connectivity index (χ1) is 12.4. The summed E-state index contributed by atoms with van der Waals surface area (Å²) in [6.07, 6.45) is 24.2. The Morgan fingerprint density at radius 1 is 0.720 bits per heavy atom. The third kappa shape index (κ3) is 15.6. The van der Waals surface area contributed by atoms with Gasteiger partial charge in [-0.15, -0.1) is 0 Å². The average Bonchev–Trinajstić information content (AvgIpc) is 2.65. The van der Waals surface area contributed by atoms with E-state index in [0.717, 1.165) is 32.7 Å². The number of rotatable bonds is 17. The number of unbranched alkanes of at least 4 members (excludes halogenated alkanes) is 12. The highest BCUT2D eigenvalue weighted by Crippen LogP contribution is 2.09.